The van der Waals surface area contributed by atoms with Gasteiger partial charge in [-0.25, -0.2) is 0 Å². The first kappa shape index (κ1) is 13.8. The van der Waals surface area contributed by atoms with Crippen molar-refractivity contribution in [3.8, 4) is 5.75 Å². The molecule has 1 unspecified atom stereocenters. The predicted molar refractivity (Wildman–Crippen MR) is 65.0 cm³/mol. The molecule has 0 aliphatic heterocycles. The van der Waals surface area contributed by atoms with Crippen LogP contribution in [0.4, 0.5) is 11.4 Å². The molecule has 0 amide bonds. The lowest BCUT2D eigenvalue weighted by Gasteiger charge is -2.13. The Hall–Kier alpha value is -2.31. The predicted octanol–water partition coefficient (Wildman–Crippen LogP) is 1.88. The fraction of sp³-hybridized carbons (Fsp3) is 0.364. The number of benzene rings is 1. The highest BCUT2D eigenvalue weighted by atomic mass is 16.6. The van der Waals surface area contributed by atoms with Gasteiger partial charge < -0.3 is 15.2 Å². The number of hydrogen-bond acceptors (Lipinski definition) is 5. The Balaban J connectivity index is 2.85. The van der Waals surface area contributed by atoms with Crippen molar-refractivity contribution in [2.75, 3.05) is 12.4 Å². The van der Waals surface area contributed by atoms with Crippen LogP contribution in [-0.2, 0) is 4.79 Å². The molecule has 0 fully saturated rings. The van der Waals surface area contributed by atoms with Crippen LogP contribution in [0.2, 0.25) is 0 Å². The summed E-state index contributed by atoms with van der Waals surface area (Å²) in [4.78, 5) is 20.7. The van der Waals surface area contributed by atoms with Gasteiger partial charge in [0.2, 0.25) is 0 Å². The van der Waals surface area contributed by atoms with Gasteiger partial charge in [0.25, 0.3) is 0 Å². The van der Waals surface area contributed by atoms with Crippen LogP contribution in [0.15, 0.2) is 18.2 Å². The van der Waals surface area contributed by atoms with Crippen LogP contribution in [0.25, 0.3) is 0 Å². The minimum atomic E-state index is -0.913. The van der Waals surface area contributed by atoms with E-state index in [1.807, 2.05) is 0 Å². The minimum absolute atomic E-state index is 0.0424. The number of nitrogens with zero attached hydrogens (tertiary/aromatic N) is 1. The molecule has 0 radical (unpaired) electrons. The van der Waals surface area contributed by atoms with E-state index in [4.69, 9.17) is 9.84 Å². The van der Waals surface area contributed by atoms with Gasteiger partial charge in [-0.3, -0.25) is 14.9 Å². The highest BCUT2D eigenvalue weighted by molar-refractivity contribution is 5.68. The molecule has 7 heteroatoms. The van der Waals surface area contributed by atoms with E-state index in [-0.39, 0.29) is 23.9 Å². The molecule has 0 aliphatic rings. The molecule has 1 aromatic carbocycles. The van der Waals surface area contributed by atoms with Gasteiger partial charge >= 0.3 is 11.7 Å². The molecular weight excluding hydrogens is 240 g/mol. The number of ether oxygens (including phenoxy) is 1. The van der Waals surface area contributed by atoms with E-state index in [1.54, 1.807) is 6.92 Å². The molecule has 0 bridgehead atoms. The second kappa shape index (κ2) is 5.85. The van der Waals surface area contributed by atoms with Crippen molar-refractivity contribution in [3.05, 3.63) is 28.3 Å². The number of anilines is 1. The van der Waals surface area contributed by atoms with Crippen LogP contribution < -0.4 is 10.1 Å². The quantitative estimate of drug-likeness (QED) is 0.593. The van der Waals surface area contributed by atoms with E-state index in [1.165, 1.54) is 25.3 Å². The van der Waals surface area contributed by atoms with Crippen molar-refractivity contribution in [1.82, 2.24) is 0 Å². The zero-order valence-corrected chi connectivity index (χ0v) is 10.0. The number of carboxylic acids is 1. The van der Waals surface area contributed by atoms with Gasteiger partial charge in [-0.15, -0.1) is 0 Å². The Bertz CT molecular complexity index is 461. The molecular formula is C11H14N2O5. The maximum Gasteiger partial charge on any atom is 0.311 e. The lowest BCUT2D eigenvalue weighted by molar-refractivity contribution is -0.385. The van der Waals surface area contributed by atoms with E-state index >= 15 is 0 Å². The molecule has 18 heavy (non-hydrogen) atoms. The van der Waals surface area contributed by atoms with Gasteiger partial charge in [-0.1, -0.05) is 0 Å². The Morgan fingerprint density at radius 3 is 2.78 bits per heavy atom. The number of nitro groups is 1. The zero-order valence-electron chi connectivity index (χ0n) is 10.0. The van der Waals surface area contributed by atoms with Crippen LogP contribution in [0.1, 0.15) is 13.3 Å². The average molecular weight is 254 g/mol. The maximum atomic E-state index is 10.7. The molecule has 1 aromatic rings. The van der Waals surface area contributed by atoms with E-state index in [0.29, 0.717) is 5.69 Å². The highest BCUT2D eigenvalue weighted by Crippen LogP contribution is 2.29. The summed E-state index contributed by atoms with van der Waals surface area (Å²) in [5.41, 5.74) is 0.445. The first-order valence-corrected chi connectivity index (χ1v) is 5.24. The number of nitrogens with one attached hydrogen (secondary N) is 1. The highest BCUT2D eigenvalue weighted by Gasteiger charge is 2.15. The fourth-order valence-corrected chi connectivity index (χ4v) is 1.52. The average Bonchev–Trinajstić information content (AvgIpc) is 2.27. The summed E-state index contributed by atoms with van der Waals surface area (Å²) in [5, 5.41) is 22.2. The van der Waals surface area contributed by atoms with Gasteiger partial charge in [-0.05, 0) is 13.0 Å². The number of carbonyl (C=O) groups is 1. The first-order valence-electron chi connectivity index (χ1n) is 5.24. The van der Waals surface area contributed by atoms with Gasteiger partial charge in [-0.2, -0.15) is 0 Å². The minimum Gasteiger partial charge on any atom is -0.490 e. The van der Waals surface area contributed by atoms with E-state index in [2.05, 4.69) is 5.32 Å². The van der Waals surface area contributed by atoms with Crippen LogP contribution in [0.5, 0.6) is 5.75 Å². The molecule has 2 N–H and O–H groups in total. The van der Waals surface area contributed by atoms with E-state index < -0.39 is 10.9 Å². The smallest absolute Gasteiger partial charge is 0.311 e. The Kier molecular flexibility index (Phi) is 4.47. The molecule has 0 aromatic heterocycles. The molecule has 98 valence electrons. The number of nitro benzene ring substituents is 1. The van der Waals surface area contributed by atoms with Crippen molar-refractivity contribution in [2.24, 2.45) is 0 Å². The lowest BCUT2D eigenvalue weighted by atomic mass is 10.2. The van der Waals surface area contributed by atoms with Crippen molar-refractivity contribution >= 4 is 17.3 Å². The molecule has 1 rings (SSSR count). The molecule has 0 heterocycles. The third-order valence-corrected chi connectivity index (χ3v) is 2.27. The molecule has 0 aliphatic carbocycles. The van der Waals surface area contributed by atoms with Crippen LogP contribution in [0.3, 0.4) is 0 Å². The van der Waals surface area contributed by atoms with Crippen molar-refractivity contribution in [2.45, 2.75) is 19.4 Å². The molecule has 0 saturated heterocycles. The third-order valence-electron chi connectivity index (χ3n) is 2.27. The second-order valence-electron chi connectivity index (χ2n) is 3.79. The number of methoxy groups -OCH3 is 1. The van der Waals surface area contributed by atoms with Gasteiger partial charge in [0.1, 0.15) is 0 Å². The number of hydrogen-bond donors (Lipinski definition) is 2. The molecule has 0 spiro atoms. The summed E-state index contributed by atoms with van der Waals surface area (Å²) in [5.74, 6) is -0.781. The van der Waals surface area contributed by atoms with Gasteiger partial charge in [0.05, 0.1) is 18.5 Å². The topological polar surface area (TPSA) is 102 Å². The summed E-state index contributed by atoms with van der Waals surface area (Å²) in [6.45, 7) is 1.71. The number of rotatable bonds is 6. The zero-order chi connectivity index (χ0) is 13.7. The summed E-state index contributed by atoms with van der Waals surface area (Å²) < 4.78 is 4.91. The second-order valence-corrected chi connectivity index (χ2v) is 3.79. The number of aliphatic carboxylic acids is 1. The Morgan fingerprint density at radius 2 is 2.28 bits per heavy atom. The van der Waals surface area contributed by atoms with E-state index in [9.17, 15) is 14.9 Å². The fourth-order valence-electron chi connectivity index (χ4n) is 1.52. The monoisotopic (exact) mass is 254 g/mol. The van der Waals surface area contributed by atoms with Gasteiger partial charge in [0.15, 0.2) is 5.75 Å². The Labute approximate surface area is 104 Å². The Morgan fingerprint density at radius 1 is 1.61 bits per heavy atom. The summed E-state index contributed by atoms with van der Waals surface area (Å²) in [6, 6.07) is 4.01. The van der Waals surface area contributed by atoms with Crippen LogP contribution in [0, 0.1) is 10.1 Å². The first-order chi connectivity index (χ1) is 8.43. The summed E-state index contributed by atoms with van der Waals surface area (Å²) in [6.07, 6.45) is -0.0424. The lowest BCUT2D eigenvalue weighted by Crippen LogP contribution is -2.19. The molecule has 7 nitrogen and oxygen atoms in total. The third kappa shape index (κ3) is 3.62. The van der Waals surface area contributed by atoms with Crippen molar-refractivity contribution in [3.63, 3.8) is 0 Å². The molecule has 1 atom stereocenters. The van der Waals surface area contributed by atoms with Crippen molar-refractivity contribution in [1.29, 1.82) is 0 Å². The van der Waals surface area contributed by atoms with Crippen molar-refractivity contribution < 1.29 is 19.6 Å². The molecule has 0 saturated carbocycles. The normalized spacial score (nSPS) is 11.7. The largest absolute Gasteiger partial charge is 0.490 e. The summed E-state index contributed by atoms with van der Waals surface area (Å²) in [7, 11) is 1.34. The standard InChI is InChI=1S/C11H14N2O5/c1-7(5-11(14)15)12-8-3-4-9(13(16)17)10(6-8)18-2/h3-4,6-7,12H,5H2,1-2H3,(H,14,15). The van der Waals surface area contributed by atoms with Crippen LogP contribution >= 0.6 is 0 Å². The number of carboxylic acid groups (broad SMARTS) is 1. The van der Waals surface area contributed by atoms with E-state index in [0.717, 1.165) is 0 Å². The summed E-state index contributed by atoms with van der Waals surface area (Å²) >= 11 is 0. The van der Waals surface area contributed by atoms with Gasteiger partial charge in [0, 0.05) is 23.9 Å². The SMILES string of the molecule is COc1cc(NC(C)CC(=O)O)ccc1[N+](=O)[O-]. The maximum absolute atomic E-state index is 10.7. The van der Waals surface area contributed by atoms with Crippen LogP contribution in [-0.4, -0.2) is 29.2 Å².